The molecule has 1 radical (unpaired) electrons. The zero-order valence-corrected chi connectivity index (χ0v) is 6.58. The fourth-order valence-corrected chi connectivity index (χ4v) is 1.34. The van der Waals surface area contributed by atoms with Gasteiger partial charge in [-0.3, -0.25) is 0 Å². The molecule has 0 N–H and O–H groups in total. The van der Waals surface area contributed by atoms with Crippen molar-refractivity contribution >= 4 is 0 Å². The molecule has 2 heteroatoms. The second-order valence-corrected chi connectivity index (χ2v) is 2.68. The maximum Gasteiger partial charge on any atom is 0.140 e. The first kappa shape index (κ1) is 7.17. The molecule has 0 spiro atoms. The lowest BCUT2D eigenvalue weighted by Crippen LogP contribution is -2.07. The van der Waals surface area contributed by atoms with E-state index >= 15 is 0 Å². The number of para-hydroxylation sites is 1. The fourth-order valence-electron chi connectivity index (χ4n) is 1.34. The number of nitriles is 1. The number of hydrogen-bond donors (Lipinski definition) is 0. The van der Waals surface area contributed by atoms with E-state index in [-0.39, 0.29) is 0 Å². The second-order valence-electron chi connectivity index (χ2n) is 2.68. The van der Waals surface area contributed by atoms with Crippen LogP contribution in [0.5, 0.6) is 5.75 Å². The lowest BCUT2D eigenvalue weighted by atomic mass is 10.0. The summed E-state index contributed by atoms with van der Waals surface area (Å²) in [5, 5.41) is 8.75. The van der Waals surface area contributed by atoms with Crippen molar-refractivity contribution in [2.75, 3.05) is 6.61 Å². The molecule has 0 saturated heterocycles. The van der Waals surface area contributed by atoms with E-state index in [0.717, 1.165) is 17.7 Å². The summed E-state index contributed by atoms with van der Waals surface area (Å²) in [6, 6.07) is 7.73. The van der Waals surface area contributed by atoms with Crippen molar-refractivity contribution in [3.8, 4) is 11.8 Å². The molecule has 0 amide bonds. The summed E-state index contributed by atoms with van der Waals surface area (Å²) < 4.78 is 5.39. The first-order chi connectivity index (χ1) is 5.92. The van der Waals surface area contributed by atoms with E-state index in [2.05, 4.69) is 12.5 Å². The van der Waals surface area contributed by atoms with Crippen LogP contribution < -0.4 is 4.74 Å². The Bertz CT molecular complexity index is 338. The highest BCUT2D eigenvalue weighted by Gasteiger charge is 2.13. The highest BCUT2D eigenvalue weighted by Crippen LogP contribution is 2.28. The van der Waals surface area contributed by atoms with Crippen molar-refractivity contribution in [2.45, 2.75) is 6.42 Å². The molecule has 1 aliphatic rings. The Morgan fingerprint density at radius 2 is 2.33 bits per heavy atom. The molecule has 1 aliphatic heterocycles. The van der Waals surface area contributed by atoms with Crippen LogP contribution in [-0.4, -0.2) is 6.61 Å². The van der Waals surface area contributed by atoms with Crippen LogP contribution in [0.15, 0.2) is 18.2 Å². The van der Waals surface area contributed by atoms with Crippen LogP contribution in [0.4, 0.5) is 0 Å². The third-order valence-corrected chi connectivity index (χ3v) is 1.89. The summed E-state index contributed by atoms with van der Waals surface area (Å²) in [5.41, 5.74) is 1.67. The SMILES string of the molecule is N#Cc1cccc2c1OCC[CH]2. The maximum atomic E-state index is 8.75. The molecule has 1 aromatic carbocycles. The van der Waals surface area contributed by atoms with E-state index in [1.54, 1.807) is 6.07 Å². The fraction of sp³-hybridized carbons (Fsp3) is 0.200. The Morgan fingerprint density at radius 3 is 3.17 bits per heavy atom. The summed E-state index contributed by atoms with van der Waals surface area (Å²) >= 11 is 0. The molecule has 2 nitrogen and oxygen atoms in total. The number of nitrogens with zero attached hydrogens (tertiary/aromatic N) is 1. The van der Waals surface area contributed by atoms with Crippen LogP contribution in [0.2, 0.25) is 0 Å². The van der Waals surface area contributed by atoms with Crippen molar-refractivity contribution in [1.29, 1.82) is 5.26 Å². The lowest BCUT2D eigenvalue weighted by molar-refractivity contribution is 0.305. The quantitative estimate of drug-likeness (QED) is 0.577. The molecule has 1 heterocycles. The van der Waals surface area contributed by atoms with Gasteiger partial charge in [-0.05, 0) is 24.5 Å². The molecule has 0 unspecified atom stereocenters. The molecule has 0 aromatic heterocycles. The third kappa shape index (κ3) is 1.04. The van der Waals surface area contributed by atoms with Crippen LogP contribution in [-0.2, 0) is 0 Å². The van der Waals surface area contributed by atoms with Crippen LogP contribution in [0.3, 0.4) is 0 Å². The Labute approximate surface area is 71.4 Å². The number of ether oxygens (including phenoxy) is 1. The predicted octanol–water partition coefficient (Wildman–Crippen LogP) is 1.89. The zero-order valence-electron chi connectivity index (χ0n) is 6.58. The van der Waals surface area contributed by atoms with Gasteiger partial charge in [-0.25, -0.2) is 0 Å². The largest absolute Gasteiger partial charge is 0.492 e. The summed E-state index contributed by atoms with van der Waals surface area (Å²) in [7, 11) is 0. The second kappa shape index (κ2) is 2.86. The molecular formula is C10H8NO. The minimum atomic E-state index is 0.628. The number of fused-ring (bicyclic) bond motifs is 1. The molecule has 0 fully saturated rings. The van der Waals surface area contributed by atoms with Crippen LogP contribution in [0, 0.1) is 17.8 Å². The van der Waals surface area contributed by atoms with Crippen molar-refractivity contribution in [3.05, 3.63) is 35.7 Å². The number of rotatable bonds is 0. The minimum absolute atomic E-state index is 0.628. The third-order valence-electron chi connectivity index (χ3n) is 1.89. The molecule has 0 saturated carbocycles. The monoisotopic (exact) mass is 158 g/mol. The lowest BCUT2D eigenvalue weighted by Gasteiger charge is -2.17. The van der Waals surface area contributed by atoms with Gasteiger partial charge in [-0.2, -0.15) is 5.26 Å². The van der Waals surface area contributed by atoms with Gasteiger partial charge in [-0.1, -0.05) is 12.1 Å². The molecular weight excluding hydrogens is 150 g/mol. The van der Waals surface area contributed by atoms with Gasteiger partial charge in [0.15, 0.2) is 0 Å². The molecule has 12 heavy (non-hydrogen) atoms. The molecule has 0 bridgehead atoms. The average molecular weight is 158 g/mol. The van der Waals surface area contributed by atoms with Crippen molar-refractivity contribution < 1.29 is 4.74 Å². The standard InChI is InChI=1S/C10H8NO/c11-7-9-4-1-3-8-5-2-6-12-10(8)9/h1,3-5H,2,6H2. The molecule has 59 valence electrons. The van der Waals surface area contributed by atoms with Crippen molar-refractivity contribution in [1.82, 2.24) is 0 Å². The van der Waals surface area contributed by atoms with E-state index in [1.165, 1.54) is 0 Å². The Balaban J connectivity index is 2.53. The van der Waals surface area contributed by atoms with E-state index < -0.39 is 0 Å². The summed E-state index contributed by atoms with van der Waals surface area (Å²) in [5.74, 6) is 0.742. The zero-order chi connectivity index (χ0) is 8.39. The van der Waals surface area contributed by atoms with E-state index in [4.69, 9.17) is 10.00 Å². The highest BCUT2D eigenvalue weighted by atomic mass is 16.5. The highest BCUT2D eigenvalue weighted by molar-refractivity contribution is 5.51. The topological polar surface area (TPSA) is 33.0 Å². The maximum absolute atomic E-state index is 8.75. The Morgan fingerprint density at radius 1 is 1.42 bits per heavy atom. The first-order valence-electron chi connectivity index (χ1n) is 3.91. The van der Waals surface area contributed by atoms with Gasteiger partial charge in [0.2, 0.25) is 0 Å². The van der Waals surface area contributed by atoms with Gasteiger partial charge < -0.3 is 4.74 Å². The Hall–Kier alpha value is -1.49. The summed E-state index contributed by atoms with van der Waals surface area (Å²) in [4.78, 5) is 0. The minimum Gasteiger partial charge on any atom is -0.492 e. The smallest absolute Gasteiger partial charge is 0.140 e. The van der Waals surface area contributed by atoms with Gasteiger partial charge in [0, 0.05) is 0 Å². The summed E-state index contributed by atoms with van der Waals surface area (Å²) in [6.07, 6.45) is 3.03. The van der Waals surface area contributed by atoms with Gasteiger partial charge in [0.1, 0.15) is 11.8 Å². The van der Waals surface area contributed by atoms with Crippen molar-refractivity contribution in [3.63, 3.8) is 0 Å². The first-order valence-corrected chi connectivity index (χ1v) is 3.91. The molecule has 1 aromatic rings. The van der Waals surface area contributed by atoms with Crippen LogP contribution >= 0.6 is 0 Å². The van der Waals surface area contributed by atoms with Crippen LogP contribution in [0.1, 0.15) is 17.5 Å². The molecule has 2 rings (SSSR count). The normalized spacial score (nSPS) is 14.2. The van der Waals surface area contributed by atoms with Crippen molar-refractivity contribution in [2.24, 2.45) is 0 Å². The number of hydrogen-bond acceptors (Lipinski definition) is 2. The Kier molecular flexibility index (Phi) is 1.71. The summed E-state index contributed by atoms with van der Waals surface area (Å²) in [6.45, 7) is 0.686. The van der Waals surface area contributed by atoms with E-state index in [0.29, 0.717) is 12.2 Å². The van der Waals surface area contributed by atoms with Gasteiger partial charge in [-0.15, -0.1) is 0 Å². The van der Waals surface area contributed by atoms with E-state index in [1.807, 2.05) is 12.1 Å². The molecule has 0 aliphatic carbocycles. The van der Waals surface area contributed by atoms with Crippen LogP contribution in [0.25, 0.3) is 0 Å². The molecule has 0 atom stereocenters. The number of benzene rings is 1. The van der Waals surface area contributed by atoms with Gasteiger partial charge in [0.25, 0.3) is 0 Å². The average Bonchev–Trinajstić information content (AvgIpc) is 2.17. The van der Waals surface area contributed by atoms with Gasteiger partial charge >= 0.3 is 0 Å². The predicted molar refractivity (Wildman–Crippen MR) is 44.7 cm³/mol. The van der Waals surface area contributed by atoms with E-state index in [9.17, 15) is 0 Å². The van der Waals surface area contributed by atoms with Gasteiger partial charge in [0.05, 0.1) is 12.2 Å².